The first-order valence-corrected chi connectivity index (χ1v) is 10.4. The van der Waals surface area contributed by atoms with Gasteiger partial charge >= 0.3 is 0 Å². The van der Waals surface area contributed by atoms with Crippen molar-refractivity contribution in [3.8, 4) is 11.4 Å². The van der Waals surface area contributed by atoms with Gasteiger partial charge in [0.25, 0.3) is 5.56 Å². The summed E-state index contributed by atoms with van der Waals surface area (Å²) in [7, 11) is 1.57. The fraction of sp³-hybridized carbons (Fsp3) is 0.261. The van der Waals surface area contributed by atoms with E-state index < -0.39 is 5.56 Å². The first kappa shape index (κ1) is 21.2. The minimum atomic E-state index is -0.436. The minimum absolute atomic E-state index is 0.0865. The van der Waals surface area contributed by atoms with Crippen molar-refractivity contribution >= 4 is 22.8 Å². The number of carbonyl (C=O) groups is 1. The Morgan fingerprint density at radius 3 is 2.72 bits per heavy atom. The highest BCUT2D eigenvalue weighted by atomic mass is 16.5. The zero-order chi connectivity index (χ0) is 22.5. The monoisotopic (exact) mass is 432 g/mol. The Morgan fingerprint density at radius 1 is 1.16 bits per heavy atom. The Labute approximate surface area is 184 Å². The van der Waals surface area contributed by atoms with E-state index in [0.717, 1.165) is 19.3 Å². The quantitative estimate of drug-likeness (QED) is 0.459. The molecule has 164 valence electrons. The van der Waals surface area contributed by atoms with Gasteiger partial charge in [0.2, 0.25) is 5.91 Å². The molecule has 0 saturated carbocycles. The zero-order valence-corrected chi connectivity index (χ0v) is 18.0. The van der Waals surface area contributed by atoms with E-state index in [1.54, 1.807) is 19.2 Å². The molecule has 9 nitrogen and oxygen atoms in total. The summed E-state index contributed by atoms with van der Waals surface area (Å²) < 4.78 is 7.91. The third-order valence-corrected chi connectivity index (χ3v) is 5.10. The summed E-state index contributed by atoms with van der Waals surface area (Å²) in [6, 6.07) is 14.9. The van der Waals surface area contributed by atoms with Crippen LogP contribution in [-0.2, 0) is 17.8 Å². The number of unbranched alkanes of at least 4 members (excludes halogenated alkanes) is 1. The highest BCUT2D eigenvalue weighted by Crippen LogP contribution is 2.18. The Balaban J connectivity index is 1.51. The van der Waals surface area contributed by atoms with Crippen LogP contribution in [0.4, 0.5) is 5.69 Å². The molecule has 9 heteroatoms. The lowest BCUT2D eigenvalue weighted by Crippen LogP contribution is -2.28. The number of fused-ring (bicyclic) bond motifs is 1. The van der Waals surface area contributed by atoms with E-state index in [-0.39, 0.29) is 18.0 Å². The molecule has 0 fully saturated rings. The first-order valence-electron chi connectivity index (χ1n) is 10.4. The lowest BCUT2D eigenvalue weighted by atomic mass is 10.1. The fourth-order valence-corrected chi connectivity index (χ4v) is 3.36. The smallest absolute Gasteiger partial charge is 0.284 e. The van der Waals surface area contributed by atoms with Crippen molar-refractivity contribution in [3.63, 3.8) is 0 Å². The van der Waals surface area contributed by atoms with E-state index in [9.17, 15) is 9.59 Å². The second kappa shape index (κ2) is 9.42. The number of benzene rings is 2. The van der Waals surface area contributed by atoms with Gasteiger partial charge in [0.05, 0.1) is 12.8 Å². The van der Waals surface area contributed by atoms with Crippen LogP contribution in [-0.4, -0.2) is 37.6 Å². The molecule has 0 radical (unpaired) electrons. The Bertz CT molecular complexity index is 1290. The molecule has 1 amide bonds. The predicted molar refractivity (Wildman–Crippen MR) is 121 cm³/mol. The average molecular weight is 432 g/mol. The Hall–Kier alpha value is -4.01. The van der Waals surface area contributed by atoms with Crippen LogP contribution in [0.3, 0.4) is 0 Å². The molecule has 0 spiro atoms. The SMILES string of the molecule is CCCCc1ccc(NC(=O)Cn2cnc3c(nnn3-c3cccc(OC)c3)c2=O)cc1. The molecule has 1 N–H and O–H groups in total. The van der Waals surface area contributed by atoms with Gasteiger partial charge in [0.1, 0.15) is 18.6 Å². The number of hydrogen-bond acceptors (Lipinski definition) is 6. The van der Waals surface area contributed by atoms with Crippen molar-refractivity contribution in [2.75, 3.05) is 12.4 Å². The van der Waals surface area contributed by atoms with E-state index in [1.807, 2.05) is 36.4 Å². The topological polar surface area (TPSA) is 104 Å². The maximum Gasteiger partial charge on any atom is 0.284 e. The second-order valence-electron chi connectivity index (χ2n) is 7.40. The summed E-state index contributed by atoms with van der Waals surface area (Å²) in [5.41, 5.74) is 2.54. The summed E-state index contributed by atoms with van der Waals surface area (Å²) in [5, 5.41) is 10.8. The van der Waals surface area contributed by atoms with E-state index >= 15 is 0 Å². The molecule has 0 aliphatic heterocycles. The van der Waals surface area contributed by atoms with Gasteiger partial charge in [-0.25, -0.2) is 4.98 Å². The van der Waals surface area contributed by atoms with Crippen LogP contribution in [0.15, 0.2) is 59.7 Å². The summed E-state index contributed by atoms with van der Waals surface area (Å²) in [6.07, 6.45) is 4.62. The van der Waals surface area contributed by atoms with Crippen LogP contribution < -0.4 is 15.6 Å². The van der Waals surface area contributed by atoms with E-state index in [2.05, 4.69) is 27.5 Å². The summed E-state index contributed by atoms with van der Waals surface area (Å²) in [4.78, 5) is 29.6. The van der Waals surface area contributed by atoms with Gasteiger partial charge in [-0.1, -0.05) is 36.8 Å². The number of ether oxygens (including phenoxy) is 1. The van der Waals surface area contributed by atoms with Gasteiger partial charge < -0.3 is 10.1 Å². The number of rotatable bonds is 8. The third-order valence-electron chi connectivity index (χ3n) is 5.10. The number of anilines is 1. The van der Waals surface area contributed by atoms with Crippen molar-refractivity contribution in [1.29, 1.82) is 0 Å². The lowest BCUT2D eigenvalue weighted by Gasteiger charge is -2.08. The zero-order valence-electron chi connectivity index (χ0n) is 18.0. The second-order valence-corrected chi connectivity index (χ2v) is 7.40. The molecule has 0 unspecified atom stereocenters. The molecular weight excluding hydrogens is 408 g/mol. The summed E-state index contributed by atoms with van der Waals surface area (Å²) in [6.45, 7) is 1.98. The molecule has 32 heavy (non-hydrogen) atoms. The molecule has 0 aliphatic carbocycles. The normalized spacial score (nSPS) is 10.9. The minimum Gasteiger partial charge on any atom is -0.497 e. The van der Waals surface area contributed by atoms with Crippen molar-refractivity contribution in [3.05, 3.63) is 70.8 Å². The molecule has 0 atom stereocenters. The number of hydrogen-bond donors (Lipinski definition) is 1. The van der Waals surface area contributed by atoms with Gasteiger partial charge in [-0.3, -0.25) is 14.2 Å². The molecule has 2 aromatic carbocycles. The third kappa shape index (κ3) is 4.51. The highest BCUT2D eigenvalue weighted by molar-refractivity contribution is 5.90. The number of nitrogens with one attached hydrogen (secondary N) is 1. The van der Waals surface area contributed by atoms with Crippen LogP contribution in [0.1, 0.15) is 25.3 Å². The molecule has 4 aromatic rings. The van der Waals surface area contributed by atoms with Gasteiger partial charge in [0.15, 0.2) is 11.2 Å². The molecule has 0 saturated heterocycles. The Morgan fingerprint density at radius 2 is 1.97 bits per heavy atom. The highest BCUT2D eigenvalue weighted by Gasteiger charge is 2.15. The number of methoxy groups -OCH3 is 1. The standard InChI is InChI=1S/C23H24N6O3/c1-3-4-6-16-9-11-17(12-10-16)25-20(30)14-28-15-24-22-21(23(28)31)26-27-29(22)18-7-5-8-19(13-18)32-2/h5,7-13,15H,3-4,6,14H2,1-2H3,(H,25,30). The van der Waals surface area contributed by atoms with E-state index in [0.29, 0.717) is 22.8 Å². The van der Waals surface area contributed by atoms with Gasteiger partial charge in [0, 0.05) is 11.8 Å². The van der Waals surface area contributed by atoms with Crippen LogP contribution in [0.2, 0.25) is 0 Å². The maximum atomic E-state index is 12.8. The number of aromatic nitrogens is 5. The van der Waals surface area contributed by atoms with Gasteiger partial charge in [-0.15, -0.1) is 5.10 Å². The van der Waals surface area contributed by atoms with Crippen LogP contribution in [0, 0.1) is 0 Å². The number of aryl methyl sites for hydroxylation is 1. The van der Waals surface area contributed by atoms with Crippen molar-refractivity contribution in [1.82, 2.24) is 24.5 Å². The first-order chi connectivity index (χ1) is 15.6. The van der Waals surface area contributed by atoms with Crippen LogP contribution in [0.5, 0.6) is 5.75 Å². The summed E-state index contributed by atoms with van der Waals surface area (Å²) >= 11 is 0. The molecular formula is C23H24N6O3. The largest absolute Gasteiger partial charge is 0.497 e. The molecule has 0 aliphatic rings. The number of amides is 1. The van der Waals surface area contributed by atoms with Gasteiger partial charge in [-0.05, 0) is 42.7 Å². The summed E-state index contributed by atoms with van der Waals surface area (Å²) in [5.74, 6) is 0.323. The molecule has 2 aromatic heterocycles. The van der Waals surface area contributed by atoms with Gasteiger partial charge in [-0.2, -0.15) is 4.68 Å². The number of carbonyl (C=O) groups excluding carboxylic acids is 1. The fourth-order valence-electron chi connectivity index (χ4n) is 3.36. The maximum absolute atomic E-state index is 12.8. The van der Waals surface area contributed by atoms with Crippen molar-refractivity contribution in [2.24, 2.45) is 0 Å². The van der Waals surface area contributed by atoms with E-state index in [1.165, 1.54) is 21.1 Å². The molecule has 2 heterocycles. The lowest BCUT2D eigenvalue weighted by molar-refractivity contribution is -0.116. The molecule has 4 rings (SSSR count). The number of nitrogens with zero attached hydrogens (tertiary/aromatic N) is 5. The Kier molecular flexibility index (Phi) is 6.25. The van der Waals surface area contributed by atoms with Crippen LogP contribution >= 0.6 is 0 Å². The molecule has 0 bridgehead atoms. The predicted octanol–water partition coefficient (Wildman–Crippen LogP) is 2.97. The van der Waals surface area contributed by atoms with E-state index in [4.69, 9.17) is 4.74 Å². The van der Waals surface area contributed by atoms with Crippen molar-refractivity contribution in [2.45, 2.75) is 32.7 Å². The van der Waals surface area contributed by atoms with Crippen LogP contribution in [0.25, 0.3) is 16.9 Å². The average Bonchev–Trinajstić information content (AvgIpc) is 3.25. The van der Waals surface area contributed by atoms with Crippen molar-refractivity contribution < 1.29 is 9.53 Å².